The summed E-state index contributed by atoms with van der Waals surface area (Å²) in [5.74, 6) is -0.588. The lowest BCUT2D eigenvalue weighted by Gasteiger charge is -2.31. The highest BCUT2D eigenvalue weighted by Crippen LogP contribution is 2.30. The lowest BCUT2D eigenvalue weighted by Crippen LogP contribution is -2.28. The van der Waals surface area contributed by atoms with Crippen LogP contribution < -0.4 is 0 Å². The molecule has 0 heterocycles. The van der Waals surface area contributed by atoms with Crippen molar-refractivity contribution in [2.24, 2.45) is 11.8 Å². The number of hydrogen-bond acceptors (Lipinski definition) is 2. The van der Waals surface area contributed by atoms with Gasteiger partial charge in [-0.3, -0.25) is 4.79 Å². The summed E-state index contributed by atoms with van der Waals surface area (Å²) in [6.07, 6.45) is 2.96. The largest absolute Gasteiger partial charge is 0.370 e. The van der Waals surface area contributed by atoms with Crippen molar-refractivity contribution >= 4 is 5.78 Å². The normalized spacial score (nSPS) is 26.5. The van der Waals surface area contributed by atoms with Gasteiger partial charge in [-0.05, 0) is 49.3 Å². The highest BCUT2D eigenvalue weighted by molar-refractivity contribution is 5.97. The zero-order valence-corrected chi connectivity index (χ0v) is 11.9. The van der Waals surface area contributed by atoms with Crippen molar-refractivity contribution in [1.82, 2.24) is 0 Å². The van der Waals surface area contributed by atoms with E-state index >= 15 is 0 Å². The molecule has 3 atom stereocenters. The van der Waals surface area contributed by atoms with E-state index < -0.39 is 17.4 Å². The molecule has 2 rings (SSSR count). The van der Waals surface area contributed by atoms with Crippen molar-refractivity contribution < 1.29 is 18.3 Å². The third kappa shape index (κ3) is 3.63. The molecule has 110 valence electrons. The monoisotopic (exact) mass is 282 g/mol. The molecule has 0 aliphatic heterocycles. The van der Waals surface area contributed by atoms with Crippen LogP contribution in [-0.2, 0) is 4.74 Å². The smallest absolute Gasteiger partial charge is 0.191 e. The Bertz CT molecular complexity index is 487. The van der Waals surface area contributed by atoms with Gasteiger partial charge in [-0.2, -0.15) is 0 Å². The van der Waals surface area contributed by atoms with Gasteiger partial charge in [-0.25, -0.2) is 8.78 Å². The Morgan fingerprint density at radius 1 is 1.25 bits per heavy atom. The summed E-state index contributed by atoms with van der Waals surface area (Å²) < 4.78 is 32.1. The standard InChI is InChI=1S/C16H20F2O2/c1-10-3-5-13(7-11(10)2)20-9-16(19)14-8-12(17)4-6-15(14)18/h4,6,8,10-11,13H,3,5,7,9H2,1-2H3. The molecule has 20 heavy (non-hydrogen) atoms. The number of ether oxygens (including phenoxy) is 1. The Morgan fingerprint density at radius 2 is 2.00 bits per heavy atom. The molecule has 0 aromatic heterocycles. The lowest BCUT2D eigenvalue weighted by molar-refractivity contribution is 0.00692. The van der Waals surface area contributed by atoms with E-state index in [4.69, 9.17) is 4.74 Å². The fourth-order valence-corrected chi connectivity index (χ4v) is 2.63. The van der Waals surface area contributed by atoms with Crippen LogP contribution in [-0.4, -0.2) is 18.5 Å². The van der Waals surface area contributed by atoms with Gasteiger partial charge in [-0.1, -0.05) is 13.8 Å². The summed E-state index contributed by atoms with van der Waals surface area (Å²) in [5.41, 5.74) is -0.234. The maximum absolute atomic E-state index is 13.5. The first-order valence-corrected chi connectivity index (χ1v) is 7.07. The predicted octanol–water partition coefficient (Wildman–Crippen LogP) is 3.99. The Labute approximate surface area is 118 Å². The third-order valence-electron chi connectivity index (χ3n) is 4.23. The molecule has 2 nitrogen and oxygen atoms in total. The van der Waals surface area contributed by atoms with Crippen molar-refractivity contribution in [3.05, 3.63) is 35.4 Å². The van der Waals surface area contributed by atoms with Gasteiger partial charge in [0.2, 0.25) is 0 Å². The Kier molecular flexibility index (Phi) is 4.86. The zero-order valence-electron chi connectivity index (χ0n) is 11.9. The van der Waals surface area contributed by atoms with Crippen LogP contribution in [0, 0.1) is 23.5 Å². The van der Waals surface area contributed by atoms with Crippen molar-refractivity contribution in [1.29, 1.82) is 0 Å². The number of halogens is 2. The van der Waals surface area contributed by atoms with Crippen LogP contribution >= 0.6 is 0 Å². The van der Waals surface area contributed by atoms with Gasteiger partial charge in [0.15, 0.2) is 5.78 Å². The van der Waals surface area contributed by atoms with Crippen LogP contribution in [0.15, 0.2) is 18.2 Å². The van der Waals surface area contributed by atoms with Gasteiger partial charge in [0.05, 0.1) is 11.7 Å². The minimum Gasteiger partial charge on any atom is -0.370 e. The molecule has 4 heteroatoms. The quantitative estimate of drug-likeness (QED) is 0.781. The molecule has 0 amide bonds. The van der Waals surface area contributed by atoms with E-state index in [9.17, 15) is 13.6 Å². The summed E-state index contributed by atoms with van der Waals surface area (Å²) in [6, 6.07) is 2.89. The number of Topliss-reactive ketones (excluding diaryl/α,β-unsaturated/α-hetero) is 1. The Morgan fingerprint density at radius 3 is 2.70 bits per heavy atom. The maximum Gasteiger partial charge on any atom is 0.191 e. The number of carbonyl (C=O) groups excluding carboxylic acids is 1. The fraction of sp³-hybridized carbons (Fsp3) is 0.562. The van der Waals surface area contributed by atoms with E-state index in [0.717, 1.165) is 37.5 Å². The second-order valence-electron chi connectivity index (χ2n) is 5.75. The van der Waals surface area contributed by atoms with Crippen LogP contribution in [0.1, 0.15) is 43.5 Å². The summed E-state index contributed by atoms with van der Waals surface area (Å²) in [5, 5.41) is 0. The number of benzene rings is 1. The summed E-state index contributed by atoms with van der Waals surface area (Å²) in [7, 11) is 0. The average molecular weight is 282 g/mol. The Balaban J connectivity index is 1.91. The Hall–Kier alpha value is -1.29. The maximum atomic E-state index is 13.5. The minimum absolute atomic E-state index is 0.0433. The zero-order chi connectivity index (χ0) is 14.7. The molecule has 3 unspecified atom stereocenters. The second kappa shape index (κ2) is 6.44. The minimum atomic E-state index is -0.703. The van der Waals surface area contributed by atoms with E-state index in [1.807, 2.05) is 0 Å². The van der Waals surface area contributed by atoms with E-state index in [-0.39, 0.29) is 18.3 Å². The summed E-state index contributed by atoms with van der Waals surface area (Å²) >= 11 is 0. The SMILES string of the molecule is CC1CCC(OCC(=O)c2cc(F)ccc2F)CC1C. The molecular formula is C16H20F2O2. The van der Waals surface area contributed by atoms with E-state index in [1.54, 1.807) is 0 Å². The predicted molar refractivity (Wildman–Crippen MR) is 72.6 cm³/mol. The van der Waals surface area contributed by atoms with Gasteiger partial charge in [-0.15, -0.1) is 0 Å². The van der Waals surface area contributed by atoms with Crippen molar-refractivity contribution in [3.63, 3.8) is 0 Å². The van der Waals surface area contributed by atoms with Gasteiger partial charge in [0, 0.05) is 0 Å². The summed E-state index contributed by atoms with van der Waals surface area (Å²) in [6.45, 7) is 4.20. The summed E-state index contributed by atoms with van der Waals surface area (Å²) in [4.78, 5) is 11.9. The molecule has 1 aliphatic rings. The first kappa shape index (κ1) is 15.1. The van der Waals surface area contributed by atoms with Crippen molar-refractivity contribution in [2.45, 2.75) is 39.2 Å². The highest BCUT2D eigenvalue weighted by atomic mass is 19.1. The molecule has 1 fully saturated rings. The molecule has 1 aromatic rings. The molecule has 1 saturated carbocycles. The molecule has 0 saturated heterocycles. The molecule has 1 aliphatic carbocycles. The molecule has 0 spiro atoms. The van der Waals surface area contributed by atoms with Gasteiger partial charge < -0.3 is 4.74 Å². The number of hydrogen-bond donors (Lipinski definition) is 0. The molecule has 0 N–H and O–H groups in total. The van der Waals surface area contributed by atoms with Crippen LogP contribution in [0.25, 0.3) is 0 Å². The molecule has 1 aromatic carbocycles. The van der Waals surface area contributed by atoms with Crippen LogP contribution in [0.2, 0.25) is 0 Å². The fourth-order valence-electron chi connectivity index (χ4n) is 2.63. The molecule has 0 radical (unpaired) electrons. The third-order valence-corrected chi connectivity index (χ3v) is 4.23. The lowest BCUT2D eigenvalue weighted by atomic mass is 9.80. The van der Waals surface area contributed by atoms with Crippen LogP contribution in [0.4, 0.5) is 8.78 Å². The van der Waals surface area contributed by atoms with Crippen molar-refractivity contribution in [2.75, 3.05) is 6.61 Å². The van der Waals surface area contributed by atoms with Gasteiger partial charge in [0.25, 0.3) is 0 Å². The average Bonchev–Trinajstić information content (AvgIpc) is 2.42. The number of carbonyl (C=O) groups is 1. The topological polar surface area (TPSA) is 26.3 Å². The highest BCUT2D eigenvalue weighted by Gasteiger charge is 2.25. The first-order chi connectivity index (χ1) is 9.47. The number of rotatable bonds is 4. The molecule has 0 bridgehead atoms. The van der Waals surface area contributed by atoms with E-state index in [2.05, 4.69) is 13.8 Å². The molecular weight excluding hydrogens is 262 g/mol. The van der Waals surface area contributed by atoms with Gasteiger partial charge in [0.1, 0.15) is 18.2 Å². The van der Waals surface area contributed by atoms with E-state index in [0.29, 0.717) is 11.8 Å². The van der Waals surface area contributed by atoms with E-state index in [1.165, 1.54) is 0 Å². The second-order valence-corrected chi connectivity index (χ2v) is 5.75. The van der Waals surface area contributed by atoms with Gasteiger partial charge >= 0.3 is 0 Å². The first-order valence-electron chi connectivity index (χ1n) is 7.07. The van der Waals surface area contributed by atoms with Crippen LogP contribution in [0.3, 0.4) is 0 Å². The van der Waals surface area contributed by atoms with Crippen LogP contribution in [0.5, 0.6) is 0 Å². The number of ketones is 1. The van der Waals surface area contributed by atoms with Crippen molar-refractivity contribution in [3.8, 4) is 0 Å².